The molecule has 6 nitrogen and oxygen atoms in total. The first-order valence-corrected chi connectivity index (χ1v) is 10.3. The molecule has 7 heteroatoms. The molecule has 1 aliphatic heterocycles. The monoisotopic (exact) mass is 434 g/mol. The summed E-state index contributed by atoms with van der Waals surface area (Å²) in [5.74, 6) is 0.284. The van der Waals surface area contributed by atoms with Crippen LogP contribution in [0.3, 0.4) is 0 Å². The quantitative estimate of drug-likeness (QED) is 0.526. The molecule has 2 aromatic carbocycles. The van der Waals surface area contributed by atoms with Crippen molar-refractivity contribution < 1.29 is 9.53 Å². The Morgan fingerprint density at radius 3 is 2.35 bits per heavy atom. The average molecular weight is 435 g/mol. The molecule has 31 heavy (non-hydrogen) atoms. The van der Waals surface area contributed by atoms with Gasteiger partial charge in [-0.25, -0.2) is 4.68 Å². The van der Waals surface area contributed by atoms with Crippen LogP contribution in [-0.2, 0) is 4.79 Å². The lowest BCUT2D eigenvalue weighted by Gasteiger charge is -2.13. The number of halogens is 1. The fraction of sp³-hybridized carbons (Fsp3) is 0.208. The average Bonchev–Trinajstić information content (AvgIpc) is 3.19. The first kappa shape index (κ1) is 20.9. The fourth-order valence-electron chi connectivity index (χ4n) is 3.58. The van der Waals surface area contributed by atoms with E-state index >= 15 is 0 Å². The van der Waals surface area contributed by atoms with Crippen molar-refractivity contribution in [3.05, 3.63) is 75.6 Å². The molecule has 0 radical (unpaired) electrons. The lowest BCUT2D eigenvalue weighted by molar-refractivity contribution is -0.114. The Balaban J connectivity index is 1.71. The number of ether oxygens (including phenoxy) is 1. The number of aryl methyl sites for hydroxylation is 2. The molecule has 1 aliphatic rings. The van der Waals surface area contributed by atoms with Crippen LogP contribution in [0.15, 0.2) is 53.1 Å². The molecule has 158 valence electrons. The third-order valence-electron chi connectivity index (χ3n) is 5.36. The number of hydrazone groups is 1. The minimum absolute atomic E-state index is 0.205. The maximum Gasteiger partial charge on any atom is 0.280 e. The van der Waals surface area contributed by atoms with E-state index in [1.807, 2.05) is 43.7 Å². The van der Waals surface area contributed by atoms with Gasteiger partial charge in [0, 0.05) is 17.3 Å². The third kappa shape index (κ3) is 3.75. The molecule has 0 saturated heterocycles. The molecule has 0 fully saturated rings. The second-order valence-electron chi connectivity index (χ2n) is 7.51. The smallest absolute Gasteiger partial charge is 0.280 e. The van der Waals surface area contributed by atoms with Gasteiger partial charge in [-0.1, -0.05) is 29.3 Å². The second kappa shape index (κ2) is 8.04. The zero-order valence-electron chi connectivity index (χ0n) is 18.1. The summed E-state index contributed by atoms with van der Waals surface area (Å²) in [6.07, 6.45) is 1.87. The van der Waals surface area contributed by atoms with Gasteiger partial charge in [0.05, 0.1) is 40.5 Å². The number of amides is 1. The Hall–Kier alpha value is -3.38. The predicted molar refractivity (Wildman–Crippen MR) is 124 cm³/mol. The van der Waals surface area contributed by atoms with Gasteiger partial charge < -0.3 is 4.74 Å². The summed E-state index contributed by atoms with van der Waals surface area (Å²) in [5, 5.41) is 11.0. The van der Waals surface area contributed by atoms with E-state index in [9.17, 15) is 4.79 Å². The Morgan fingerprint density at radius 2 is 1.68 bits per heavy atom. The molecular formula is C24H23ClN4O2. The maximum absolute atomic E-state index is 13.2. The lowest BCUT2D eigenvalue weighted by atomic mass is 10.1. The van der Waals surface area contributed by atoms with Crippen molar-refractivity contribution in [1.82, 2.24) is 9.78 Å². The van der Waals surface area contributed by atoms with Crippen molar-refractivity contribution in [3.63, 3.8) is 0 Å². The molecule has 4 rings (SSSR count). The van der Waals surface area contributed by atoms with E-state index in [-0.39, 0.29) is 5.91 Å². The molecule has 0 spiro atoms. The Kier molecular flexibility index (Phi) is 5.41. The minimum atomic E-state index is -0.205. The summed E-state index contributed by atoms with van der Waals surface area (Å²) in [6.45, 7) is 7.82. The Labute approximate surface area is 186 Å². The molecule has 0 unspecified atom stereocenters. The molecular weight excluding hydrogens is 412 g/mol. The zero-order valence-corrected chi connectivity index (χ0v) is 18.9. The summed E-state index contributed by atoms with van der Waals surface area (Å²) in [6, 6.07) is 13.3. The SMILES string of the molecule is COc1cc(N2N=C(C)/C(=C\c3c(C)nn(-c4ccc(C)cc4)c3C)C2=O)ccc1Cl. The van der Waals surface area contributed by atoms with Crippen LogP contribution in [0.25, 0.3) is 11.8 Å². The molecule has 0 aliphatic carbocycles. The maximum atomic E-state index is 13.2. The van der Waals surface area contributed by atoms with Gasteiger partial charge in [-0.2, -0.15) is 15.2 Å². The van der Waals surface area contributed by atoms with Gasteiger partial charge in [-0.3, -0.25) is 4.79 Å². The van der Waals surface area contributed by atoms with Gasteiger partial charge in [-0.15, -0.1) is 0 Å². The molecule has 0 saturated carbocycles. The summed E-state index contributed by atoms with van der Waals surface area (Å²) >= 11 is 6.12. The fourth-order valence-corrected chi connectivity index (χ4v) is 3.78. The highest BCUT2D eigenvalue weighted by Gasteiger charge is 2.30. The van der Waals surface area contributed by atoms with E-state index in [2.05, 4.69) is 29.3 Å². The normalized spacial score (nSPS) is 15.0. The highest BCUT2D eigenvalue weighted by molar-refractivity contribution is 6.33. The number of nitrogens with zero attached hydrogens (tertiary/aromatic N) is 4. The van der Waals surface area contributed by atoms with Gasteiger partial charge in [0.15, 0.2) is 0 Å². The number of hydrogen-bond acceptors (Lipinski definition) is 4. The molecule has 1 aromatic heterocycles. The van der Waals surface area contributed by atoms with Crippen LogP contribution in [0, 0.1) is 20.8 Å². The first-order valence-electron chi connectivity index (χ1n) is 9.88. The van der Waals surface area contributed by atoms with Crippen molar-refractivity contribution in [2.45, 2.75) is 27.7 Å². The van der Waals surface area contributed by atoms with Crippen molar-refractivity contribution in [2.75, 3.05) is 12.1 Å². The number of hydrogen-bond donors (Lipinski definition) is 0. The van der Waals surface area contributed by atoms with Crippen LogP contribution >= 0.6 is 11.6 Å². The summed E-state index contributed by atoms with van der Waals surface area (Å²) in [4.78, 5) is 13.2. The number of carbonyl (C=O) groups excluding carboxylic acids is 1. The van der Waals surface area contributed by atoms with Gasteiger partial charge in [-0.05, 0) is 58.0 Å². The number of aromatic nitrogens is 2. The summed E-state index contributed by atoms with van der Waals surface area (Å²) in [5.41, 5.74) is 6.65. The number of benzene rings is 2. The second-order valence-corrected chi connectivity index (χ2v) is 7.92. The molecule has 0 N–H and O–H groups in total. The van der Waals surface area contributed by atoms with E-state index in [1.165, 1.54) is 17.7 Å². The van der Waals surface area contributed by atoms with Crippen LogP contribution in [0.4, 0.5) is 5.69 Å². The number of rotatable bonds is 4. The minimum Gasteiger partial charge on any atom is -0.495 e. The Morgan fingerprint density at radius 1 is 1.00 bits per heavy atom. The van der Waals surface area contributed by atoms with E-state index in [0.717, 1.165) is 22.6 Å². The molecule has 0 bridgehead atoms. The third-order valence-corrected chi connectivity index (χ3v) is 5.67. The first-order chi connectivity index (χ1) is 14.8. The summed E-state index contributed by atoms with van der Waals surface area (Å²) in [7, 11) is 1.54. The number of methoxy groups -OCH3 is 1. The van der Waals surface area contributed by atoms with Crippen LogP contribution in [0.2, 0.25) is 5.02 Å². The largest absolute Gasteiger partial charge is 0.495 e. The zero-order chi connectivity index (χ0) is 22.3. The van der Waals surface area contributed by atoms with Gasteiger partial charge in [0.25, 0.3) is 5.91 Å². The van der Waals surface area contributed by atoms with Crippen molar-refractivity contribution >= 4 is 35.0 Å². The van der Waals surface area contributed by atoms with Crippen LogP contribution in [0.1, 0.15) is 29.4 Å². The standard InChI is InChI=1S/C24H23ClN4O2/c1-14-6-8-18(9-7-14)28-17(4)20(15(2)26-28)13-21-16(3)27-29(24(21)30)19-10-11-22(25)23(12-19)31-5/h6-13H,1-5H3/b21-13+. The topological polar surface area (TPSA) is 59.7 Å². The van der Waals surface area contributed by atoms with Crippen LogP contribution in [0.5, 0.6) is 5.75 Å². The van der Waals surface area contributed by atoms with Crippen LogP contribution in [-0.4, -0.2) is 28.5 Å². The molecule has 3 aromatic rings. The van der Waals surface area contributed by atoms with E-state index in [4.69, 9.17) is 16.3 Å². The van der Waals surface area contributed by atoms with Gasteiger partial charge in [0.2, 0.25) is 0 Å². The van der Waals surface area contributed by atoms with Crippen molar-refractivity contribution in [1.29, 1.82) is 0 Å². The predicted octanol–water partition coefficient (Wildman–Crippen LogP) is 5.27. The number of carbonyl (C=O) groups is 1. The van der Waals surface area contributed by atoms with Crippen molar-refractivity contribution in [3.8, 4) is 11.4 Å². The molecule has 2 heterocycles. The van der Waals surface area contributed by atoms with E-state index in [0.29, 0.717) is 27.7 Å². The van der Waals surface area contributed by atoms with E-state index in [1.54, 1.807) is 18.2 Å². The highest BCUT2D eigenvalue weighted by atomic mass is 35.5. The molecule has 0 atom stereocenters. The van der Waals surface area contributed by atoms with E-state index < -0.39 is 0 Å². The van der Waals surface area contributed by atoms with Gasteiger partial charge in [0.1, 0.15) is 5.75 Å². The Bertz CT molecular complexity index is 1240. The summed E-state index contributed by atoms with van der Waals surface area (Å²) < 4.78 is 7.17. The van der Waals surface area contributed by atoms with Crippen LogP contribution < -0.4 is 9.75 Å². The lowest BCUT2D eigenvalue weighted by Crippen LogP contribution is -2.21. The molecule has 1 amide bonds. The van der Waals surface area contributed by atoms with Crippen molar-refractivity contribution in [2.24, 2.45) is 5.10 Å². The van der Waals surface area contributed by atoms with Gasteiger partial charge >= 0.3 is 0 Å². The highest BCUT2D eigenvalue weighted by Crippen LogP contribution is 2.33. The number of anilines is 1.